The number of esters is 1. The minimum absolute atomic E-state index is 0.0589. The fourth-order valence-corrected chi connectivity index (χ4v) is 3.21. The van der Waals surface area contributed by atoms with Gasteiger partial charge in [0.15, 0.2) is 0 Å². The number of nitrogens with one attached hydrogen (secondary N) is 1. The molecule has 1 N–H and O–H groups in total. The van der Waals surface area contributed by atoms with Crippen molar-refractivity contribution in [2.75, 3.05) is 26.7 Å². The number of carbonyl (C=O) groups is 1. The lowest BCUT2D eigenvalue weighted by molar-refractivity contribution is -0.157. The van der Waals surface area contributed by atoms with E-state index in [4.69, 9.17) is 4.74 Å². The van der Waals surface area contributed by atoms with Crippen molar-refractivity contribution in [1.82, 2.24) is 10.2 Å². The van der Waals surface area contributed by atoms with Gasteiger partial charge in [-0.15, -0.1) is 0 Å². The van der Waals surface area contributed by atoms with Crippen molar-refractivity contribution in [3.05, 3.63) is 0 Å². The van der Waals surface area contributed by atoms with Crippen molar-refractivity contribution in [1.29, 1.82) is 0 Å². The summed E-state index contributed by atoms with van der Waals surface area (Å²) < 4.78 is 5.71. The first-order valence-electron chi connectivity index (χ1n) is 7.83. The Balaban J connectivity index is 1.70. The summed E-state index contributed by atoms with van der Waals surface area (Å²) in [7, 11) is 2.01. The smallest absolute Gasteiger partial charge is 0.309 e. The molecule has 0 aromatic heterocycles. The van der Waals surface area contributed by atoms with E-state index in [0.29, 0.717) is 6.04 Å². The summed E-state index contributed by atoms with van der Waals surface area (Å²) in [6.07, 6.45) is 6.40. The second kappa shape index (κ2) is 7.25. The van der Waals surface area contributed by atoms with Gasteiger partial charge in [0.25, 0.3) is 0 Å². The van der Waals surface area contributed by atoms with E-state index in [9.17, 15) is 4.79 Å². The molecule has 4 nitrogen and oxygen atoms in total. The lowest BCUT2D eigenvalue weighted by Gasteiger charge is -2.32. The monoisotopic (exact) mass is 268 g/mol. The van der Waals surface area contributed by atoms with Gasteiger partial charge in [-0.25, -0.2) is 0 Å². The molecule has 0 atom stereocenters. The first-order valence-corrected chi connectivity index (χ1v) is 7.83. The molecular weight excluding hydrogens is 240 g/mol. The van der Waals surface area contributed by atoms with Gasteiger partial charge in [-0.05, 0) is 65.2 Å². The predicted molar refractivity (Wildman–Crippen MR) is 76.0 cm³/mol. The van der Waals surface area contributed by atoms with E-state index in [2.05, 4.69) is 17.1 Å². The first kappa shape index (κ1) is 14.8. The lowest BCUT2D eigenvalue weighted by atomic mass is 9.92. The molecule has 0 amide bonds. The van der Waals surface area contributed by atoms with Crippen LogP contribution < -0.4 is 5.32 Å². The fourth-order valence-electron chi connectivity index (χ4n) is 3.21. The van der Waals surface area contributed by atoms with Crippen LogP contribution in [0.2, 0.25) is 0 Å². The van der Waals surface area contributed by atoms with Gasteiger partial charge in [-0.1, -0.05) is 6.92 Å². The van der Waals surface area contributed by atoms with Gasteiger partial charge in [-0.3, -0.25) is 4.79 Å². The average Bonchev–Trinajstić information content (AvgIpc) is 2.48. The highest BCUT2D eigenvalue weighted by Gasteiger charge is 2.29. The third-order valence-corrected chi connectivity index (χ3v) is 4.73. The van der Waals surface area contributed by atoms with Crippen molar-refractivity contribution >= 4 is 5.97 Å². The fraction of sp³-hybridized carbons (Fsp3) is 0.933. The molecule has 1 saturated carbocycles. The second-order valence-corrected chi connectivity index (χ2v) is 5.91. The maximum atomic E-state index is 12.2. The molecular formula is C15H28N2O2. The van der Waals surface area contributed by atoms with Crippen molar-refractivity contribution in [3.63, 3.8) is 0 Å². The number of hydrogen-bond donors (Lipinski definition) is 1. The van der Waals surface area contributed by atoms with Crippen molar-refractivity contribution < 1.29 is 9.53 Å². The SMILES string of the molecule is CCN1CCC(C(=O)OC2CCC(NC)CC2)CC1. The molecule has 0 spiro atoms. The summed E-state index contributed by atoms with van der Waals surface area (Å²) in [5.74, 6) is 0.202. The molecule has 1 aliphatic heterocycles. The molecule has 0 aromatic rings. The number of ether oxygens (including phenoxy) is 1. The molecule has 0 bridgehead atoms. The molecule has 1 heterocycles. The Labute approximate surface area is 116 Å². The molecule has 110 valence electrons. The maximum absolute atomic E-state index is 12.2. The predicted octanol–water partition coefficient (Wildman–Crippen LogP) is 1.79. The standard InChI is InChI=1S/C15H28N2O2/c1-3-17-10-8-12(9-11-17)15(18)19-14-6-4-13(16-2)5-7-14/h12-14,16H,3-11H2,1-2H3. The van der Waals surface area contributed by atoms with Crippen LogP contribution in [0.15, 0.2) is 0 Å². The van der Waals surface area contributed by atoms with Crippen molar-refractivity contribution in [3.8, 4) is 0 Å². The van der Waals surface area contributed by atoms with E-state index in [1.807, 2.05) is 7.05 Å². The number of piperidine rings is 1. The topological polar surface area (TPSA) is 41.6 Å². The summed E-state index contributed by atoms with van der Waals surface area (Å²) in [6.45, 7) is 5.36. The zero-order chi connectivity index (χ0) is 13.7. The molecule has 4 heteroatoms. The molecule has 2 aliphatic rings. The Bertz CT molecular complexity index is 280. The summed E-state index contributed by atoms with van der Waals surface area (Å²) in [5.41, 5.74) is 0. The zero-order valence-electron chi connectivity index (χ0n) is 12.4. The van der Waals surface area contributed by atoms with E-state index in [-0.39, 0.29) is 18.0 Å². The van der Waals surface area contributed by atoms with E-state index < -0.39 is 0 Å². The minimum Gasteiger partial charge on any atom is -0.462 e. The van der Waals surface area contributed by atoms with Crippen LogP contribution in [0.4, 0.5) is 0 Å². The van der Waals surface area contributed by atoms with Crippen molar-refractivity contribution in [2.24, 2.45) is 5.92 Å². The van der Waals surface area contributed by atoms with E-state index in [0.717, 1.165) is 58.2 Å². The highest BCUT2D eigenvalue weighted by Crippen LogP contribution is 2.24. The molecule has 2 fully saturated rings. The zero-order valence-corrected chi connectivity index (χ0v) is 12.4. The van der Waals surface area contributed by atoms with Crippen LogP contribution in [0.3, 0.4) is 0 Å². The summed E-state index contributed by atoms with van der Waals surface area (Å²) in [6, 6.07) is 0.614. The van der Waals surface area contributed by atoms with Crippen LogP contribution in [-0.4, -0.2) is 49.7 Å². The Morgan fingerprint density at radius 2 is 1.79 bits per heavy atom. The average molecular weight is 268 g/mol. The normalized spacial score (nSPS) is 30.2. The van der Waals surface area contributed by atoms with Crippen LogP contribution in [-0.2, 0) is 9.53 Å². The van der Waals surface area contributed by atoms with Gasteiger partial charge in [-0.2, -0.15) is 0 Å². The van der Waals surface area contributed by atoms with E-state index in [1.165, 1.54) is 0 Å². The highest BCUT2D eigenvalue weighted by molar-refractivity contribution is 5.72. The summed E-state index contributed by atoms with van der Waals surface area (Å²) in [4.78, 5) is 14.6. The molecule has 1 aliphatic carbocycles. The summed E-state index contributed by atoms with van der Waals surface area (Å²) >= 11 is 0. The quantitative estimate of drug-likeness (QED) is 0.789. The summed E-state index contributed by atoms with van der Waals surface area (Å²) in [5, 5.41) is 3.31. The first-order chi connectivity index (χ1) is 9.22. The largest absolute Gasteiger partial charge is 0.462 e. The van der Waals surface area contributed by atoms with E-state index >= 15 is 0 Å². The van der Waals surface area contributed by atoms with Crippen molar-refractivity contribution in [2.45, 2.75) is 57.6 Å². The molecule has 0 radical (unpaired) electrons. The minimum atomic E-state index is 0.0589. The van der Waals surface area contributed by atoms with Gasteiger partial charge < -0.3 is 15.0 Å². The second-order valence-electron chi connectivity index (χ2n) is 5.91. The number of rotatable bonds is 4. The molecule has 2 rings (SSSR count). The van der Waals surface area contributed by atoms with Gasteiger partial charge in [0.2, 0.25) is 0 Å². The van der Waals surface area contributed by atoms with Crippen LogP contribution in [0.1, 0.15) is 45.4 Å². The van der Waals surface area contributed by atoms with Gasteiger partial charge in [0, 0.05) is 6.04 Å². The molecule has 1 saturated heterocycles. The maximum Gasteiger partial charge on any atom is 0.309 e. The number of carbonyl (C=O) groups excluding carboxylic acids is 1. The van der Waals surface area contributed by atoms with Gasteiger partial charge in [0.1, 0.15) is 6.10 Å². The van der Waals surface area contributed by atoms with Gasteiger partial charge >= 0.3 is 5.97 Å². The third kappa shape index (κ3) is 4.18. The molecule has 0 aromatic carbocycles. The Hall–Kier alpha value is -0.610. The van der Waals surface area contributed by atoms with Crippen LogP contribution in [0.5, 0.6) is 0 Å². The third-order valence-electron chi connectivity index (χ3n) is 4.73. The van der Waals surface area contributed by atoms with Gasteiger partial charge in [0.05, 0.1) is 5.92 Å². The number of nitrogens with zero attached hydrogens (tertiary/aromatic N) is 1. The van der Waals surface area contributed by atoms with E-state index in [1.54, 1.807) is 0 Å². The van der Waals surface area contributed by atoms with Crippen LogP contribution >= 0.6 is 0 Å². The van der Waals surface area contributed by atoms with Crippen LogP contribution in [0, 0.1) is 5.92 Å². The lowest BCUT2D eigenvalue weighted by Crippen LogP contribution is -2.39. The Morgan fingerprint density at radius 3 is 2.32 bits per heavy atom. The molecule has 19 heavy (non-hydrogen) atoms. The Morgan fingerprint density at radius 1 is 1.16 bits per heavy atom. The van der Waals surface area contributed by atoms with Crippen LogP contribution in [0.25, 0.3) is 0 Å². The molecule has 0 unspecified atom stereocenters. The Kier molecular flexibility index (Phi) is 5.64. The number of hydrogen-bond acceptors (Lipinski definition) is 4. The highest BCUT2D eigenvalue weighted by atomic mass is 16.5. The number of likely N-dealkylation sites (tertiary alicyclic amines) is 1.